The van der Waals surface area contributed by atoms with Crippen molar-refractivity contribution in [2.24, 2.45) is 0 Å². The molecule has 1 aromatic carbocycles. The maximum absolute atomic E-state index is 13.4. The van der Waals surface area contributed by atoms with Gasteiger partial charge < -0.3 is 10.4 Å². The second-order valence-corrected chi connectivity index (χ2v) is 5.35. The first-order valence-electron chi connectivity index (χ1n) is 5.59. The van der Waals surface area contributed by atoms with E-state index >= 15 is 0 Å². The topological polar surface area (TPSA) is 49.3 Å². The highest BCUT2D eigenvalue weighted by Gasteiger charge is 2.13. The summed E-state index contributed by atoms with van der Waals surface area (Å²) in [5, 5.41) is 11.5. The molecule has 0 saturated heterocycles. The number of rotatable bonds is 4. The SMILES string of the molecule is Cc1sc(C(=O)O)cc1CNc1cc(F)c(F)cc1F. The van der Waals surface area contributed by atoms with Gasteiger partial charge in [0.25, 0.3) is 0 Å². The average molecular weight is 301 g/mol. The molecule has 0 aliphatic heterocycles. The van der Waals surface area contributed by atoms with Gasteiger partial charge in [-0.25, -0.2) is 18.0 Å². The molecule has 0 spiro atoms. The van der Waals surface area contributed by atoms with Gasteiger partial charge in [0.05, 0.1) is 5.69 Å². The molecular formula is C13H10F3NO2S. The molecule has 7 heteroatoms. The molecule has 20 heavy (non-hydrogen) atoms. The predicted molar refractivity (Wildman–Crippen MR) is 69.7 cm³/mol. The summed E-state index contributed by atoms with van der Waals surface area (Å²) in [5.41, 5.74) is 0.489. The van der Waals surface area contributed by atoms with E-state index in [1.165, 1.54) is 6.07 Å². The molecule has 0 aliphatic carbocycles. The maximum Gasteiger partial charge on any atom is 0.345 e. The zero-order chi connectivity index (χ0) is 14.9. The van der Waals surface area contributed by atoms with Crippen LogP contribution in [0.5, 0.6) is 0 Å². The minimum atomic E-state index is -1.26. The molecule has 0 unspecified atom stereocenters. The van der Waals surface area contributed by atoms with Crippen molar-refractivity contribution in [1.82, 2.24) is 0 Å². The fourth-order valence-corrected chi connectivity index (χ4v) is 2.53. The fraction of sp³-hybridized carbons (Fsp3) is 0.154. The monoisotopic (exact) mass is 301 g/mol. The van der Waals surface area contributed by atoms with Crippen LogP contribution in [-0.2, 0) is 6.54 Å². The van der Waals surface area contributed by atoms with Gasteiger partial charge in [-0.1, -0.05) is 0 Å². The van der Waals surface area contributed by atoms with Crippen molar-refractivity contribution in [3.05, 3.63) is 51.0 Å². The Morgan fingerprint density at radius 2 is 1.85 bits per heavy atom. The van der Waals surface area contributed by atoms with Crippen LogP contribution in [-0.4, -0.2) is 11.1 Å². The van der Waals surface area contributed by atoms with E-state index in [0.717, 1.165) is 22.3 Å². The lowest BCUT2D eigenvalue weighted by molar-refractivity contribution is 0.0702. The molecule has 2 N–H and O–H groups in total. The van der Waals surface area contributed by atoms with E-state index in [2.05, 4.69) is 5.32 Å². The number of anilines is 1. The Balaban J connectivity index is 2.17. The third-order valence-corrected chi connectivity index (χ3v) is 3.79. The van der Waals surface area contributed by atoms with Gasteiger partial charge in [-0.2, -0.15) is 0 Å². The van der Waals surface area contributed by atoms with Crippen LogP contribution in [0.25, 0.3) is 0 Å². The molecule has 0 saturated carbocycles. The molecule has 106 valence electrons. The Labute approximate surface area is 116 Å². The zero-order valence-corrected chi connectivity index (χ0v) is 11.2. The molecule has 0 amide bonds. The number of hydrogen-bond acceptors (Lipinski definition) is 3. The van der Waals surface area contributed by atoms with Crippen molar-refractivity contribution in [2.75, 3.05) is 5.32 Å². The number of hydrogen-bond donors (Lipinski definition) is 2. The molecule has 0 bridgehead atoms. The highest BCUT2D eigenvalue weighted by Crippen LogP contribution is 2.24. The first-order valence-corrected chi connectivity index (χ1v) is 6.41. The molecule has 2 aromatic rings. The summed E-state index contributed by atoms with van der Waals surface area (Å²) in [5.74, 6) is -4.35. The Morgan fingerprint density at radius 1 is 1.20 bits per heavy atom. The first-order chi connectivity index (χ1) is 9.38. The molecule has 0 radical (unpaired) electrons. The van der Waals surface area contributed by atoms with E-state index in [1.54, 1.807) is 6.92 Å². The number of carboxylic acids is 1. The zero-order valence-electron chi connectivity index (χ0n) is 10.3. The molecule has 0 fully saturated rings. The summed E-state index contributed by atoms with van der Waals surface area (Å²) >= 11 is 1.10. The molecule has 3 nitrogen and oxygen atoms in total. The summed E-state index contributed by atoms with van der Waals surface area (Å²) in [7, 11) is 0. The van der Waals surface area contributed by atoms with Gasteiger partial charge in [-0.05, 0) is 18.6 Å². The molecule has 1 heterocycles. The van der Waals surface area contributed by atoms with Crippen LogP contribution >= 0.6 is 11.3 Å². The van der Waals surface area contributed by atoms with Crippen LogP contribution in [0, 0.1) is 24.4 Å². The van der Waals surface area contributed by atoms with E-state index in [0.29, 0.717) is 11.6 Å². The molecule has 1 aromatic heterocycles. The van der Waals surface area contributed by atoms with Gasteiger partial charge >= 0.3 is 5.97 Å². The van der Waals surface area contributed by atoms with Gasteiger partial charge in [0.1, 0.15) is 10.7 Å². The second kappa shape index (κ2) is 5.54. The van der Waals surface area contributed by atoms with Gasteiger partial charge in [-0.15, -0.1) is 11.3 Å². The average Bonchev–Trinajstić information content (AvgIpc) is 2.74. The number of carbonyl (C=O) groups is 1. The van der Waals surface area contributed by atoms with Gasteiger partial charge in [0.15, 0.2) is 11.6 Å². The number of nitrogens with one attached hydrogen (secondary N) is 1. The quantitative estimate of drug-likeness (QED) is 0.845. The van der Waals surface area contributed by atoms with Crippen LogP contribution in [0.1, 0.15) is 20.1 Å². The van der Waals surface area contributed by atoms with Crippen LogP contribution in [0.4, 0.5) is 18.9 Å². The van der Waals surface area contributed by atoms with Crippen molar-refractivity contribution in [1.29, 1.82) is 0 Å². The van der Waals surface area contributed by atoms with E-state index in [-0.39, 0.29) is 17.1 Å². The fourth-order valence-electron chi connectivity index (χ4n) is 1.65. The number of aromatic carboxylic acids is 1. The molecule has 2 rings (SSSR count). The van der Waals surface area contributed by atoms with Crippen molar-refractivity contribution in [3.63, 3.8) is 0 Å². The minimum Gasteiger partial charge on any atom is -0.477 e. The summed E-state index contributed by atoms with van der Waals surface area (Å²) in [6, 6.07) is 2.65. The maximum atomic E-state index is 13.4. The van der Waals surface area contributed by atoms with Crippen molar-refractivity contribution in [3.8, 4) is 0 Å². The summed E-state index contributed by atoms with van der Waals surface area (Å²) in [6.07, 6.45) is 0. The van der Waals surface area contributed by atoms with Crippen molar-refractivity contribution < 1.29 is 23.1 Å². The lowest BCUT2D eigenvalue weighted by atomic mass is 10.2. The highest BCUT2D eigenvalue weighted by atomic mass is 32.1. The predicted octanol–water partition coefficient (Wildman–Crippen LogP) is 3.78. The van der Waals surface area contributed by atoms with Gasteiger partial charge in [0.2, 0.25) is 0 Å². The number of benzene rings is 1. The van der Waals surface area contributed by atoms with Crippen molar-refractivity contribution >= 4 is 23.0 Å². The third kappa shape index (κ3) is 2.93. The minimum absolute atomic E-state index is 0.123. The molecular weight excluding hydrogens is 291 g/mol. The Kier molecular flexibility index (Phi) is 3.99. The van der Waals surface area contributed by atoms with Gasteiger partial charge in [0, 0.05) is 23.6 Å². The van der Waals surface area contributed by atoms with Crippen LogP contribution < -0.4 is 5.32 Å². The lowest BCUT2D eigenvalue weighted by Crippen LogP contribution is -2.03. The first kappa shape index (κ1) is 14.4. The van der Waals surface area contributed by atoms with E-state index in [4.69, 9.17) is 5.11 Å². The standard InChI is InChI=1S/C13H10F3NO2S/c1-6-7(2-12(20-6)13(18)19)5-17-11-4-9(15)8(14)3-10(11)16/h2-4,17H,5H2,1H3,(H,18,19). The van der Waals surface area contributed by atoms with Crippen molar-refractivity contribution in [2.45, 2.75) is 13.5 Å². The van der Waals surface area contributed by atoms with Crippen LogP contribution in [0.15, 0.2) is 18.2 Å². The Hall–Kier alpha value is -2.02. The normalized spacial score (nSPS) is 10.6. The number of carboxylic acid groups (broad SMARTS) is 1. The van der Waals surface area contributed by atoms with E-state index in [1.807, 2.05) is 0 Å². The number of aryl methyl sites for hydroxylation is 1. The smallest absolute Gasteiger partial charge is 0.345 e. The summed E-state index contributed by atoms with van der Waals surface area (Å²) in [6.45, 7) is 1.85. The third-order valence-electron chi connectivity index (χ3n) is 2.71. The lowest BCUT2D eigenvalue weighted by Gasteiger charge is -2.07. The van der Waals surface area contributed by atoms with Crippen LogP contribution in [0.2, 0.25) is 0 Å². The number of thiophene rings is 1. The van der Waals surface area contributed by atoms with Gasteiger partial charge in [-0.3, -0.25) is 0 Å². The largest absolute Gasteiger partial charge is 0.477 e. The number of halogens is 3. The summed E-state index contributed by atoms with van der Waals surface area (Å²) < 4.78 is 39.2. The summed E-state index contributed by atoms with van der Waals surface area (Å²) in [4.78, 5) is 11.7. The Bertz CT molecular complexity index is 670. The van der Waals surface area contributed by atoms with Crippen LogP contribution in [0.3, 0.4) is 0 Å². The molecule has 0 aliphatic rings. The highest BCUT2D eigenvalue weighted by molar-refractivity contribution is 7.14. The van der Waals surface area contributed by atoms with E-state index in [9.17, 15) is 18.0 Å². The van der Waals surface area contributed by atoms with E-state index < -0.39 is 23.4 Å². The Morgan fingerprint density at radius 3 is 2.45 bits per heavy atom. The second-order valence-electron chi connectivity index (χ2n) is 4.10. The molecule has 0 atom stereocenters.